The molecule has 68 valence electrons. The standard InChI is InChI=1S/C9H8O4/c1-12-7-3-6(10)2-5-4-13-9(11)8(5)7/h2-3,10H,4H2,1H3. The molecule has 1 N–H and O–H groups in total. The highest BCUT2D eigenvalue weighted by molar-refractivity contribution is 5.96. The van der Waals surface area contributed by atoms with E-state index in [1.165, 1.54) is 19.2 Å². The second-order valence-corrected chi connectivity index (χ2v) is 2.76. The molecule has 0 radical (unpaired) electrons. The Morgan fingerprint density at radius 3 is 3.00 bits per heavy atom. The summed E-state index contributed by atoms with van der Waals surface area (Å²) >= 11 is 0. The van der Waals surface area contributed by atoms with Crippen LogP contribution in [0.2, 0.25) is 0 Å². The maximum Gasteiger partial charge on any atom is 0.342 e. The van der Waals surface area contributed by atoms with Gasteiger partial charge in [0.05, 0.1) is 7.11 Å². The Bertz CT molecular complexity index is 370. The molecule has 0 aromatic heterocycles. The number of fused-ring (bicyclic) bond motifs is 1. The van der Waals surface area contributed by atoms with E-state index in [1.807, 2.05) is 0 Å². The molecule has 0 atom stereocenters. The number of carbonyl (C=O) groups is 1. The number of esters is 1. The van der Waals surface area contributed by atoms with Crippen LogP contribution >= 0.6 is 0 Å². The molecule has 0 spiro atoms. The molecule has 0 unspecified atom stereocenters. The van der Waals surface area contributed by atoms with Gasteiger partial charge >= 0.3 is 5.97 Å². The first-order chi connectivity index (χ1) is 6.22. The smallest absolute Gasteiger partial charge is 0.342 e. The molecule has 0 amide bonds. The number of ether oxygens (including phenoxy) is 2. The maximum atomic E-state index is 11.2. The molecule has 0 fully saturated rings. The van der Waals surface area contributed by atoms with Crippen LogP contribution in [0.1, 0.15) is 15.9 Å². The third kappa shape index (κ3) is 1.11. The minimum absolute atomic E-state index is 0.0777. The van der Waals surface area contributed by atoms with Gasteiger partial charge in [0.25, 0.3) is 0 Å². The summed E-state index contributed by atoms with van der Waals surface area (Å²) in [6.45, 7) is 0.207. The Hall–Kier alpha value is -1.71. The summed E-state index contributed by atoms with van der Waals surface area (Å²) in [4.78, 5) is 11.2. The fraction of sp³-hybridized carbons (Fsp3) is 0.222. The molecule has 1 heterocycles. The van der Waals surface area contributed by atoms with Gasteiger partial charge < -0.3 is 14.6 Å². The Morgan fingerprint density at radius 1 is 1.54 bits per heavy atom. The van der Waals surface area contributed by atoms with Gasteiger partial charge in [-0.05, 0) is 6.07 Å². The van der Waals surface area contributed by atoms with Crippen molar-refractivity contribution in [3.05, 3.63) is 23.3 Å². The molecule has 2 rings (SSSR count). The summed E-state index contributed by atoms with van der Waals surface area (Å²) in [5.74, 6) is 0.0400. The van der Waals surface area contributed by atoms with Crippen molar-refractivity contribution < 1.29 is 19.4 Å². The molecule has 1 aliphatic rings. The number of benzene rings is 1. The Balaban J connectivity index is 2.64. The van der Waals surface area contributed by atoms with Gasteiger partial charge in [0.2, 0.25) is 0 Å². The molecule has 0 saturated carbocycles. The zero-order valence-electron chi connectivity index (χ0n) is 7.03. The number of phenols is 1. The van der Waals surface area contributed by atoms with Crippen molar-refractivity contribution in [3.8, 4) is 11.5 Å². The summed E-state index contributed by atoms with van der Waals surface area (Å²) in [7, 11) is 1.45. The van der Waals surface area contributed by atoms with Crippen molar-refractivity contribution in [1.29, 1.82) is 0 Å². The minimum Gasteiger partial charge on any atom is -0.508 e. The van der Waals surface area contributed by atoms with Gasteiger partial charge in [-0.1, -0.05) is 0 Å². The molecule has 0 aliphatic carbocycles. The number of aromatic hydroxyl groups is 1. The third-order valence-corrected chi connectivity index (χ3v) is 1.95. The largest absolute Gasteiger partial charge is 0.508 e. The fourth-order valence-electron chi connectivity index (χ4n) is 1.38. The van der Waals surface area contributed by atoms with Crippen LogP contribution in [0.25, 0.3) is 0 Å². The highest BCUT2D eigenvalue weighted by Gasteiger charge is 2.26. The van der Waals surface area contributed by atoms with E-state index in [9.17, 15) is 9.90 Å². The van der Waals surface area contributed by atoms with Crippen LogP contribution in [0.15, 0.2) is 12.1 Å². The lowest BCUT2D eigenvalue weighted by molar-refractivity contribution is 0.0533. The van der Waals surface area contributed by atoms with Crippen molar-refractivity contribution in [2.75, 3.05) is 7.11 Å². The van der Waals surface area contributed by atoms with Crippen LogP contribution in [-0.2, 0) is 11.3 Å². The highest BCUT2D eigenvalue weighted by atomic mass is 16.5. The second kappa shape index (κ2) is 2.65. The van der Waals surface area contributed by atoms with E-state index >= 15 is 0 Å². The Morgan fingerprint density at radius 2 is 2.31 bits per heavy atom. The number of hydrogen-bond donors (Lipinski definition) is 1. The average molecular weight is 180 g/mol. The van der Waals surface area contributed by atoms with E-state index in [-0.39, 0.29) is 12.4 Å². The van der Waals surface area contributed by atoms with Crippen LogP contribution in [0, 0.1) is 0 Å². The van der Waals surface area contributed by atoms with Gasteiger partial charge in [0.15, 0.2) is 0 Å². The highest BCUT2D eigenvalue weighted by Crippen LogP contribution is 2.32. The zero-order valence-corrected chi connectivity index (χ0v) is 7.03. The summed E-state index contributed by atoms with van der Waals surface area (Å²) in [5.41, 5.74) is 1.09. The van der Waals surface area contributed by atoms with E-state index in [0.29, 0.717) is 16.9 Å². The molecule has 0 saturated heterocycles. The van der Waals surface area contributed by atoms with Crippen LogP contribution in [0.3, 0.4) is 0 Å². The molecule has 0 bridgehead atoms. The number of cyclic esters (lactones) is 1. The first-order valence-electron chi connectivity index (χ1n) is 3.79. The number of phenolic OH excluding ortho intramolecular Hbond substituents is 1. The third-order valence-electron chi connectivity index (χ3n) is 1.95. The van der Waals surface area contributed by atoms with Gasteiger partial charge in [0, 0.05) is 11.6 Å². The number of carbonyl (C=O) groups excluding carboxylic acids is 1. The van der Waals surface area contributed by atoms with E-state index < -0.39 is 5.97 Å². The van der Waals surface area contributed by atoms with E-state index in [4.69, 9.17) is 9.47 Å². The lowest BCUT2D eigenvalue weighted by atomic mass is 10.1. The van der Waals surface area contributed by atoms with Crippen molar-refractivity contribution in [2.24, 2.45) is 0 Å². The molecular formula is C9H8O4. The monoisotopic (exact) mass is 180 g/mol. The molecule has 1 aliphatic heterocycles. The molecule has 4 heteroatoms. The maximum absolute atomic E-state index is 11.2. The predicted octanol–water partition coefficient (Wildman–Crippen LogP) is 1.07. The summed E-state index contributed by atoms with van der Waals surface area (Å²) in [5, 5.41) is 9.25. The second-order valence-electron chi connectivity index (χ2n) is 2.76. The van der Waals surface area contributed by atoms with E-state index in [0.717, 1.165) is 0 Å². The normalized spacial score (nSPS) is 13.8. The summed E-state index contributed by atoms with van der Waals surface area (Å²) in [6.07, 6.45) is 0. The van der Waals surface area contributed by atoms with Crippen molar-refractivity contribution >= 4 is 5.97 Å². The van der Waals surface area contributed by atoms with Crippen molar-refractivity contribution in [1.82, 2.24) is 0 Å². The zero-order chi connectivity index (χ0) is 9.42. The molecule has 13 heavy (non-hydrogen) atoms. The first kappa shape index (κ1) is 7.91. The van der Waals surface area contributed by atoms with Gasteiger partial charge in [0.1, 0.15) is 23.7 Å². The topological polar surface area (TPSA) is 55.8 Å². The van der Waals surface area contributed by atoms with Gasteiger partial charge in [-0.2, -0.15) is 0 Å². The lowest BCUT2D eigenvalue weighted by Crippen LogP contribution is -1.97. The SMILES string of the molecule is COc1cc(O)cc2c1C(=O)OC2. The van der Waals surface area contributed by atoms with E-state index in [1.54, 1.807) is 0 Å². The fourth-order valence-corrected chi connectivity index (χ4v) is 1.38. The molecule has 1 aromatic rings. The predicted molar refractivity (Wildman–Crippen MR) is 43.8 cm³/mol. The molecular weight excluding hydrogens is 172 g/mol. The summed E-state index contributed by atoms with van der Waals surface area (Å²) in [6, 6.07) is 2.90. The lowest BCUT2D eigenvalue weighted by Gasteiger charge is -2.04. The van der Waals surface area contributed by atoms with Gasteiger partial charge in [-0.3, -0.25) is 0 Å². The van der Waals surface area contributed by atoms with Crippen molar-refractivity contribution in [3.63, 3.8) is 0 Å². The van der Waals surface area contributed by atoms with Crippen molar-refractivity contribution in [2.45, 2.75) is 6.61 Å². The Kier molecular flexibility index (Phi) is 1.62. The van der Waals surface area contributed by atoms with Crippen LogP contribution in [-0.4, -0.2) is 18.2 Å². The van der Waals surface area contributed by atoms with Crippen LogP contribution < -0.4 is 4.74 Å². The number of hydrogen-bond acceptors (Lipinski definition) is 4. The molecule has 1 aromatic carbocycles. The van der Waals surface area contributed by atoms with Gasteiger partial charge in [-0.25, -0.2) is 4.79 Å². The summed E-state index contributed by atoms with van der Waals surface area (Å²) < 4.78 is 9.74. The Labute approximate surface area is 74.7 Å². The molecule has 4 nitrogen and oxygen atoms in total. The van der Waals surface area contributed by atoms with Gasteiger partial charge in [-0.15, -0.1) is 0 Å². The van der Waals surface area contributed by atoms with Crippen LogP contribution in [0.4, 0.5) is 0 Å². The van der Waals surface area contributed by atoms with Crippen LogP contribution in [0.5, 0.6) is 11.5 Å². The first-order valence-corrected chi connectivity index (χ1v) is 3.79. The minimum atomic E-state index is -0.396. The average Bonchev–Trinajstić information content (AvgIpc) is 2.46. The number of methoxy groups -OCH3 is 1. The quantitative estimate of drug-likeness (QED) is 0.657. The van der Waals surface area contributed by atoms with E-state index in [2.05, 4.69) is 0 Å². The number of rotatable bonds is 1.